The minimum absolute atomic E-state index is 0.293. The molecule has 0 unspecified atom stereocenters. The van der Waals surface area contributed by atoms with E-state index in [0.29, 0.717) is 49.2 Å². The summed E-state index contributed by atoms with van der Waals surface area (Å²) in [5, 5.41) is 13.1. The standard InChI is InChI=1S/C22H28N6O3S/c1-5-31-20-7-6-19(14-16(20)2)32(29,30)27-12-10-26(11-13-27)21-8-9-22(24-23-21)28-18(4)15-17(3)25-28/h6-9,14-15H,5,10-13H2,1-4H3. The van der Waals surface area contributed by atoms with Crippen LogP contribution < -0.4 is 9.64 Å². The molecule has 1 fully saturated rings. The molecule has 1 saturated heterocycles. The van der Waals surface area contributed by atoms with Crippen LogP contribution in [0.3, 0.4) is 0 Å². The molecule has 3 heterocycles. The van der Waals surface area contributed by atoms with Gasteiger partial charge >= 0.3 is 0 Å². The molecule has 170 valence electrons. The molecule has 4 rings (SSSR count). The van der Waals surface area contributed by atoms with E-state index in [0.717, 1.165) is 22.8 Å². The SMILES string of the molecule is CCOc1ccc(S(=O)(=O)N2CCN(c3ccc(-n4nc(C)cc4C)nn3)CC2)cc1C. The predicted molar refractivity (Wildman–Crippen MR) is 122 cm³/mol. The number of piperazine rings is 1. The molecule has 10 heteroatoms. The van der Waals surface area contributed by atoms with Gasteiger partial charge in [0.05, 0.1) is 17.2 Å². The molecular formula is C22H28N6O3S. The molecule has 0 bridgehead atoms. The van der Waals surface area contributed by atoms with Gasteiger partial charge in [0.2, 0.25) is 10.0 Å². The lowest BCUT2D eigenvalue weighted by atomic mass is 10.2. The van der Waals surface area contributed by atoms with Gasteiger partial charge in [-0.25, -0.2) is 13.1 Å². The molecule has 1 aliphatic heterocycles. The van der Waals surface area contributed by atoms with Crippen molar-refractivity contribution < 1.29 is 13.2 Å². The summed E-state index contributed by atoms with van der Waals surface area (Å²) in [6.07, 6.45) is 0. The van der Waals surface area contributed by atoms with Gasteiger partial charge in [-0.2, -0.15) is 9.40 Å². The molecule has 2 aromatic heterocycles. The minimum atomic E-state index is -3.56. The van der Waals surface area contributed by atoms with E-state index in [4.69, 9.17) is 4.74 Å². The third-order valence-corrected chi connectivity index (χ3v) is 7.40. The van der Waals surface area contributed by atoms with Gasteiger partial charge in [-0.1, -0.05) is 0 Å². The fourth-order valence-corrected chi connectivity index (χ4v) is 5.37. The Morgan fingerprint density at radius 3 is 2.19 bits per heavy atom. The number of benzene rings is 1. The summed E-state index contributed by atoms with van der Waals surface area (Å²) in [6.45, 7) is 10.1. The van der Waals surface area contributed by atoms with Crippen LogP contribution in [0.25, 0.3) is 5.82 Å². The number of anilines is 1. The largest absolute Gasteiger partial charge is 0.494 e. The first-order valence-corrected chi connectivity index (χ1v) is 12.1. The Bertz CT molecular complexity index is 1200. The first kappa shape index (κ1) is 22.2. The Balaban J connectivity index is 1.43. The van der Waals surface area contributed by atoms with Crippen LogP contribution in [0.2, 0.25) is 0 Å². The van der Waals surface area contributed by atoms with E-state index in [2.05, 4.69) is 15.3 Å². The van der Waals surface area contributed by atoms with Crippen molar-refractivity contribution >= 4 is 15.8 Å². The van der Waals surface area contributed by atoms with Crippen LogP contribution in [0.15, 0.2) is 41.3 Å². The number of sulfonamides is 1. The summed E-state index contributed by atoms with van der Waals surface area (Å²) in [6, 6.07) is 10.8. The number of hydrogen-bond acceptors (Lipinski definition) is 7. The summed E-state index contributed by atoms with van der Waals surface area (Å²) in [5.74, 6) is 2.09. The van der Waals surface area contributed by atoms with Gasteiger partial charge in [-0.3, -0.25) is 0 Å². The highest BCUT2D eigenvalue weighted by molar-refractivity contribution is 7.89. The second kappa shape index (κ2) is 8.87. The molecule has 0 N–H and O–H groups in total. The van der Waals surface area contributed by atoms with Gasteiger partial charge in [0.25, 0.3) is 0 Å². The molecule has 1 aromatic carbocycles. The maximum absolute atomic E-state index is 13.1. The van der Waals surface area contributed by atoms with Gasteiger partial charge < -0.3 is 9.64 Å². The van der Waals surface area contributed by atoms with Crippen molar-refractivity contribution in [3.63, 3.8) is 0 Å². The summed E-state index contributed by atoms with van der Waals surface area (Å²) in [5.41, 5.74) is 2.73. The summed E-state index contributed by atoms with van der Waals surface area (Å²) in [4.78, 5) is 2.34. The van der Waals surface area contributed by atoms with Crippen molar-refractivity contribution in [2.45, 2.75) is 32.6 Å². The van der Waals surface area contributed by atoms with E-state index in [-0.39, 0.29) is 0 Å². The summed E-state index contributed by atoms with van der Waals surface area (Å²) < 4.78 is 35.0. The van der Waals surface area contributed by atoms with E-state index in [1.54, 1.807) is 22.9 Å². The van der Waals surface area contributed by atoms with Gasteiger partial charge in [0, 0.05) is 31.9 Å². The van der Waals surface area contributed by atoms with Crippen LogP contribution in [0.1, 0.15) is 23.9 Å². The highest BCUT2D eigenvalue weighted by atomic mass is 32.2. The third kappa shape index (κ3) is 4.33. The van der Waals surface area contributed by atoms with E-state index in [1.165, 1.54) is 4.31 Å². The second-order valence-electron chi connectivity index (χ2n) is 7.84. The lowest BCUT2D eigenvalue weighted by Gasteiger charge is -2.34. The van der Waals surface area contributed by atoms with Crippen LogP contribution in [0.5, 0.6) is 5.75 Å². The molecular weight excluding hydrogens is 428 g/mol. The Kier molecular flexibility index (Phi) is 6.16. The third-order valence-electron chi connectivity index (χ3n) is 5.51. The molecule has 0 spiro atoms. The van der Waals surface area contributed by atoms with Gasteiger partial charge in [0.15, 0.2) is 11.6 Å². The highest BCUT2D eigenvalue weighted by Gasteiger charge is 2.29. The number of ether oxygens (including phenoxy) is 1. The van der Waals surface area contributed by atoms with Crippen LogP contribution in [0.4, 0.5) is 5.82 Å². The average molecular weight is 457 g/mol. The predicted octanol–water partition coefficient (Wildman–Crippen LogP) is 2.50. The number of aryl methyl sites for hydroxylation is 3. The minimum Gasteiger partial charge on any atom is -0.494 e. The zero-order valence-corrected chi connectivity index (χ0v) is 19.6. The number of aromatic nitrogens is 4. The zero-order valence-electron chi connectivity index (χ0n) is 18.8. The maximum atomic E-state index is 13.1. The van der Waals surface area contributed by atoms with Crippen molar-refractivity contribution in [2.75, 3.05) is 37.7 Å². The van der Waals surface area contributed by atoms with Crippen LogP contribution in [0, 0.1) is 20.8 Å². The zero-order chi connectivity index (χ0) is 22.9. The Morgan fingerprint density at radius 2 is 1.62 bits per heavy atom. The first-order valence-electron chi connectivity index (χ1n) is 10.7. The highest BCUT2D eigenvalue weighted by Crippen LogP contribution is 2.25. The molecule has 3 aromatic rings. The van der Waals surface area contributed by atoms with E-state index in [9.17, 15) is 8.42 Å². The Morgan fingerprint density at radius 1 is 0.938 bits per heavy atom. The fraction of sp³-hybridized carbons (Fsp3) is 0.409. The van der Waals surface area contributed by atoms with Crippen LogP contribution >= 0.6 is 0 Å². The first-order chi connectivity index (χ1) is 15.3. The van der Waals surface area contributed by atoms with Crippen molar-refractivity contribution in [1.82, 2.24) is 24.3 Å². The van der Waals surface area contributed by atoms with E-state index < -0.39 is 10.0 Å². The molecule has 32 heavy (non-hydrogen) atoms. The van der Waals surface area contributed by atoms with Crippen LogP contribution in [-0.2, 0) is 10.0 Å². The topological polar surface area (TPSA) is 93.5 Å². The van der Waals surface area contributed by atoms with Crippen molar-refractivity contribution in [2.24, 2.45) is 0 Å². The number of hydrogen-bond donors (Lipinski definition) is 0. The van der Waals surface area contributed by atoms with Crippen LogP contribution in [-0.4, -0.2) is 65.5 Å². The summed E-state index contributed by atoms with van der Waals surface area (Å²) in [7, 11) is -3.56. The smallest absolute Gasteiger partial charge is 0.243 e. The fourth-order valence-electron chi connectivity index (χ4n) is 3.87. The molecule has 0 aliphatic carbocycles. The van der Waals surface area contributed by atoms with Crippen molar-refractivity contribution in [3.05, 3.63) is 53.3 Å². The molecule has 9 nitrogen and oxygen atoms in total. The lowest BCUT2D eigenvalue weighted by molar-refractivity contribution is 0.337. The van der Waals surface area contributed by atoms with E-state index in [1.807, 2.05) is 50.8 Å². The second-order valence-corrected chi connectivity index (χ2v) is 9.78. The molecule has 1 aliphatic rings. The number of nitrogens with zero attached hydrogens (tertiary/aromatic N) is 6. The van der Waals surface area contributed by atoms with Crippen molar-refractivity contribution in [3.8, 4) is 11.6 Å². The van der Waals surface area contributed by atoms with Gasteiger partial charge in [-0.05, 0) is 69.7 Å². The Labute approximate surface area is 188 Å². The van der Waals surface area contributed by atoms with Crippen molar-refractivity contribution in [1.29, 1.82) is 0 Å². The quantitative estimate of drug-likeness (QED) is 0.563. The lowest BCUT2D eigenvalue weighted by Crippen LogP contribution is -2.49. The monoisotopic (exact) mass is 456 g/mol. The van der Waals surface area contributed by atoms with Gasteiger partial charge in [0.1, 0.15) is 5.75 Å². The molecule has 0 radical (unpaired) electrons. The maximum Gasteiger partial charge on any atom is 0.243 e. The molecule has 0 amide bonds. The van der Waals surface area contributed by atoms with Gasteiger partial charge in [-0.15, -0.1) is 10.2 Å². The summed E-state index contributed by atoms with van der Waals surface area (Å²) >= 11 is 0. The molecule has 0 saturated carbocycles. The number of rotatable bonds is 6. The van der Waals surface area contributed by atoms with E-state index >= 15 is 0 Å². The Hall–Kier alpha value is -2.98. The normalized spacial score (nSPS) is 15.2. The average Bonchev–Trinajstić information content (AvgIpc) is 3.13. The molecule has 0 atom stereocenters.